The van der Waals surface area contributed by atoms with E-state index in [4.69, 9.17) is 4.98 Å². The molecule has 3 atom stereocenters. The summed E-state index contributed by atoms with van der Waals surface area (Å²) in [6.45, 7) is 3.60. The van der Waals surface area contributed by atoms with Gasteiger partial charge in [-0.2, -0.15) is 0 Å². The van der Waals surface area contributed by atoms with E-state index in [0.29, 0.717) is 12.0 Å². The van der Waals surface area contributed by atoms with E-state index < -0.39 is 0 Å². The molecule has 0 aromatic carbocycles. The monoisotopic (exact) mass is 359 g/mol. The highest BCUT2D eigenvalue weighted by Crippen LogP contribution is 2.30. The Morgan fingerprint density at radius 2 is 1.38 bits per heavy atom. The Labute approximate surface area is 161 Å². The van der Waals surface area contributed by atoms with Crippen LogP contribution in [0.15, 0.2) is 6.20 Å². The maximum absolute atomic E-state index is 4.79. The Balaban J connectivity index is 1.58. The van der Waals surface area contributed by atoms with Crippen molar-refractivity contribution in [1.82, 2.24) is 15.3 Å². The number of rotatable bonds is 2. The van der Waals surface area contributed by atoms with Crippen molar-refractivity contribution in [2.75, 3.05) is 6.54 Å². The van der Waals surface area contributed by atoms with Crippen LogP contribution < -0.4 is 5.32 Å². The van der Waals surface area contributed by atoms with E-state index in [2.05, 4.69) is 23.4 Å². The van der Waals surface area contributed by atoms with Crippen LogP contribution in [0.5, 0.6) is 0 Å². The molecule has 2 N–H and O–H groups in total. The van der Waals surface area contributed by atoms with Crippen molar-refractivity contribution in [2.24, 2.45) is 5.92 Å². The molecule has 2 fully saturated rings. The molecule has 0 spiro atoms. The Hall–Kier alpha value is -0.830. The van der Waals surface area contributed by atoms with Gasteiger partial charge in [-0.15, -0.1) is 0 Å². The highest BCUT2D eigenvalue weighted by molar-refractivity contribution is 5.10. The number of nitrogens with one attached hydrogen (secondary N) is 2. The lowest BCUT2D eigenvalue weighted by Crippen LogP contribution is -2.21. The Kier molecular flexibility index (Phi) is 8.51. The Morgan fingerprint density at radius 1 is 0.769 bits per heavy atom. The molecule has 2 heterocycles. The number of H-pyrrole nitrogens is 1. The molecular formula is C23H41N3. The summed E-state index contributed by atoms with van der Waals surface area (Å²) in [5.41, 5.74) is 1.41. The summed E-state index contributed by atoms with van der Waals surface area (Å²) < 4.78 is 0. The first kappa shape index (κ1) is 19.9. The lowest BCUT2D eigenvalue weighted by Gasteiger charge is -2.16. The quantitative estimate of drug-likeness (QED) is 0.621. The van der Waals surface area contributed by atoms with Crippen LogP contribution in [-0.2, 0) is 0 Å². The van der Waals surface area contributed by atoms with E-state index >= 15 is 0 Å². The fourth-order valence-corrected chi connectivity index (χ4v) is 4.90. The second kappa shape index (κ2) is 11.1. The summed E-state index contributed by atoms with van der Waals surface area (Å²) in [5, 5.41) is 3.69. The molecule has 2 aliphatic rings. The summed E-state index contributed by atoms with van der Waals surface area (Å²) >= 11 is 0. The van der Waals surface area contributed by atoms with Crippen LogP contribution in [0.2, 0.25) is 0 Å². The lowest BCUT2D eigenvalue weighted by molar-refractivity contribution is 0.438. The Bertz CT molecular complexity index is 487. The molecule has 1 aliphatic heterocycles. The van der Waals surface area contributed by atoms with Gasteiger partial charge < -0.3 is 10.3 Å². The van der Waals surface area contributed by atoms with Gasteiger partial charge in [-0.3, -0.25) is 0 Å². The summed E-state index contributed by atoms with van der Waals surface area (Å²) in [5.74, 6) is 2.83. The zero-order chi connectivity index (χ0) is 18.0. The van der Waals surface area contributed by atoms with Gasteiger partial charge in [0, 0.05) is 17.8 Å². The van der Waals surface area contributed by atoms with Crippen LogP contribution in [0.1, 0.15) is 127 Å². The summed E-state index contributed by atoms with van der Waals surface area (Å²) in [4.78, 5) is 8.53. The molecule has 1 aromatic rings. The van der Waals surface area contributed by atoms with Crippen molar-refractivity contribution >= 4 is 0 Å². The maximum atomic E-state index is 4.79. The number of nitrogens with zero attached hydrogens (tertiary/aromatic N) is 1. The first-order chi connectivity index (χ1) is 12.8. The number of hydrogen-bond acceptors (Lipinski definition) is 2. The molecule has 1 saturated carbocycles. The van der Waals surface area contributed by atoms with Crippen LogP contribution >= 0.6 is 0 Å². The van der Waals surface area contributed by atoms with E-state index in [-0.39, 0.29) is 0 Å². The molecule has 0 radical (unpaired) electrons. The fourth-order valence-electron chi connectivity index (χ4n) is 4.90. The smallest absolute Gasteiger partial charge is 0.123 e. The highest BCUT2D eigenvalue weighted by atomic mass is 15.0. The number of aromatic amines is 1. The zero-order valence-electron chi connectivity index (χ0n) is 17.1. The summed E-state index contributed by atoms with van der Waals surface area (Å²) in [7, 11) is 0. The van der Waals surface area contributed by atoms with E-state index in [1.165, 1.54) is 108 Å². The van der Waals surface area contributed by atoms with E-state index in [9.17, 15) is 0 Å². The van der Waals surface area contributed by atoms with Gasteiger partial charge in [0.05, 0.1) is 6.04 Å². The third-order valence-electron chi connectivity index (χ3n) is 6.69. The summed E-state index contributed by atoms with van der Waals surface area (Å²) in [6, 6.07) is 0.447. The van der Waals surface area contributed by atoms with Crippen molar-refractivity contribution in [3.05, 3.63) is 17.7 Å². The fraction of sp³-hybridized carbons (Fsp3) is 0.870. The molecule has 3 nitrogen and oxygen atoms in total. The summed E-state index contributed by atoms with van der Waals surface area (Å²) in [6.07, 6.45) is 22.8. The van der Waals surface area contributed by atoms with Crippen molar-refractivity contribution in [3.8, 4) is 0 Å². The molecule has 3 rings (SSSR count). The topological polar surface area (TPSA) is 40.7 Å². The van der Waals surface area contributed by atoms with E-state index in [1.54, 1.807) is 0 Å². The third-order valence-corrected chi connectivity index (χ3v) is 6.69. The standard InChI is InChI=1S/C23H41N3/c1-19-12-6-2-3-8-14-20(15-9-4-7-13-19)22-18-25-23(26-22)21-16-10-5-11-17-24-21/h18-21,24H,2-17H2,1H3,(H,25,26)/t19-,20?,21?/m1/s1. The van der Waals surface area contributed by atoms with E-state index in [0.717, 1.165) is 12.5 Å². The van der Waals surface area contributed by atoms with Crippen LogP contribution in [0, 0.1) is 5.92 Å². The second-order valence-electron chi connectivity index (χ2n) is 9.01. The molecule has 1 aromatic heterocycles. The molecule has 0 amide bonds. The minimum absolute atomic E-state index is 0.447. The molecule has 1 aliphatic carbocycles. The molecular weight excluding hydrogens is 318 g/mol. The number of hydrogen-bond donors (Lipinski definition) is 2. The Morgan fingerprint density at radius 3 is 2.15 bits per heavy atom. The number of aromatic nitrogens is 2. The predicted octanol–water partition coefficient (Wildman–Crippen LogP) is 6.64. The molecule has 1 saturated heterocycles. The van der Waals surface area contributed by atoms with Gasteiger partial charge in [0.25, 0.3) is 0 Å². The lowest BCUT2D eigenvalue weighted by atomic mass is 9.92. The maximum Gasteiger partial charge on any atom is 0.123 e. The van der Waals surface area contributed by atoms with Crippen molar-refractivity contribution in [1.29, 1.82) is 0 Å². The van der Waals surface area contributed by atoms with Gasteiger partial charge in [0.15, 0.2) is 0 Å². The van der Waals surface area contributed by atoms with Gasteiger partial charge in [0.2, 0.25) is 0 Å². The first-order valence-corrected chi connectivity index (χ1v) is 11.6. The van der Waals surface area contributed by atoms with Crippen molar-refractivity contribution in [3.63, 3.8) is 0 Å². The van der Waals surface area contributed by atoms with Crippen LogP contribution in [0.3, 0.4) is 0 Å². The van der Waals surface area contributed by atoms with Gasteiger partial charge >= 0.3 is 0 Å². The molecule has 3 heteroatoms. The normalized spacial score (nSPS) is 30.6. The minimum atomic E-state index is 0.447. The van der Waals surface area contributed by atoms with Gasteiger partial charge in [-0.05, 0) is 38.1 Å². The SMILES string of the molecule is C[C@@H]1CCCCCCC(c2cnc(C3CCCCCN3)[nH]2)CCCCC1. The van der Waals surface area contributed by atoms with Crippen molar-refractivity contribution < 1.29 is 0 Å². The average Bonchev–Trinajstić information content (AvgIpc) is 2.98. The molecule has 148 valence electrons. The van der Waals surface area contributed by atoms with Gasteiger partial charge in [0.1, 0.15) is 5.82 Å². The average molecular weight is 360 g/mol. The van der Waals surface area contributed by atoms with Crippen molar-refractivity contribution in [2.45, 2.75) is 115 Å². The molecule has 2 unspecified atom stereocenters. The predicted molar refractivity (Wildman–Crippen MR) is 110 cm³/mol. The van der Waals surface area contributed by atoms with Gasteiger partial charge in [-0.25, -0.2) is 4.98 Å². The second-order valence-corrected chi connectivity index (χ2v) is 9.01. The van der Waals surface area contributed by atoms with Crippen LogP contribution in [0.25, 0.3) is 0 Å². The van der Waals surface area contributed by atoms with E-state index in [1.807, 2.05) is 0 Å². The first-order valence-electron chi connectivity index (χ1n) is 11.6. The third kappa shape index (κ3) is 6.40. The molecule has 0 bridgehead atoms. The van der Waals surface area contributed by atoms with Crippen LogP contribution in [-0.4, -0.2) is 16.5 Å². The zero-order valence-corrected chi connectivity index (χ0v) is 17.1. The van der Waals surface area contributed by atoms with Crippen LogP contribution in [0.4, 0.5) is 0 Å². The number of imidazole rings is 1. The largest absolute Gasteiger partial charge is 0.344 e. The van der Waals surface area contributed by atoms with Gasteiger partial charge in [-0.1, -0.05) is 77.6 Å². The highest BCUT2D eigenvalue weighted by Gasteiger charge is 2.20. The molecule has 26 heavy (non-hydrogen) atoms. The minimum Gasteiger partial charge on any atom is -0.344 e.